The highest BCUT2D eigenvalue weighted by atomic mass is 16.3. The van der Waals surface area contributed by atoms with E-state index in [9.17, 15) is 0 Å². The third-order valence-corrected chi connectivity index (χ3v) is 1.57. The first kappa shape index (κ1) is 7.72. The van der Waals surface area contributed by atoms with Crippen molar-refractivity contribution in [1.29, 1.82) is 0 Å². The fourth-order valence-corrected chi connectivity index (χ4v) is 1.01. The molecule has 0 atom stereocenters. The zero-order valence-electron chi connectivity index (χ0n) is 7.06. The molecular formula is C8H8N4O. The van der Waals surface area contributed by atoms with Crippen molar-refractivity contribution in [1.82, 2.24) is 15.2 Å². The Balaban J connectivity index is 2.46. The molecular weight excluding hydrogens is 168 g/mol. The van der Waals surface area contributed by atoms with E-state index in [0.29, 0.717) is 11.5 Å². The van der Waals surface area contributed by atoms with E-state index >= 15 is 0 Å². The molecule has 0 aliphatic rings. The van der Waals surface area contributed by atoms with E-state index in [2.05, 4.69) is 15.2 Å². The molecule has 0 amide bonds. The number of hydrogen-bond acceptors (Lipinski definition) is 5. The monoisotopic (exact) mass is 176 g/mol. The van der Waals surface area contributed by atoms with Gasteiger partial charge in [0.2, 0.25) is 5.95 Å². The molecule has 2 heterocycles. The smallest absolute Gasteiger partial charge is 0.240 e. The Kier molecular flexibility index (Phi) is 1.70. The first-order valence-corrected chi connectivity index (χ1v) is 3.78. The average molecular weight is 176 g/mol. The molecule has 5 nitrogen and oxygen atoms in total. The van der Waals surface area contributed by atoms with E-state index in [1.165, 1.54) is 6.20 Å². The maximum Gasteiger partial charge on any atom is 0.240 e. The number of hydrogen-bond donors (Lipinski definition) is 1. The molecule has 2 aromatic heterocycles. The maximum absolute atomic E-state index is 5.38. The van der Waals surface area contributed by atoms with Gasteiger partial charge in [-0.3, -0.25) is 0 Å². The van der Waals surface area contributed by atoms with Gasteiger partial charge in [0.15, 0.2) is 5.76 Å². The Bertz CT molecular complexity index is 424. The lowest BCUT2D eigenvalue weighted by atomic mass is 10.3. The highest BCUT2D eigenvalue weighted by molar-refractivity contribution is 5.51. The Labute approximate surface area is 74.6 Å². The predicted molar refractivity (Wildman–Crippen MR) is 46.7 cm³/mol. The van der Waals surface area contributed by atoms with E-state index in [1.54, 1.807) is 0 Å². The van der Waals surface area contributed by atoms with Gasteiger partial charge in [0.05, 0.1) is 6.20 Å². The lowest BCUT2D eigenvalue weighted by Crippen LogP contribution is -1.97. The molecule has 0 spiro atoms. The fraction of sp³-hybridized carbons (Fsp3) is 0.125. The van der Waals surface area contributed by atoms with Crippen LogP contribution in [0.5, 0.6) is 0 Å². The topological polar surface area (TPSA) is 77.8 Å². The Morgan fingerprint density at radius 3 is 2.85 bits per heavy atom. The van der Waals surface area contributed by atoms with Crippen molar-refractivity contribution in [2.75, 3.05) is 5.73 Å². The van der Waals surface area contributed by atoms with Crippen LogP contribution >= 0.6 is 0 Å². The average Bonchev–Trinajstić information content (AvgIpc) is 2.52. The normalized spacial score (nSPS) is 10.2. The van der Waals surface area contributed by atoms with Crippen LogP contribution in [0.15, 0.2) is 22.7 Å². The molecule has 0 unspecified atom stereocenters. The number of anilines is 1. The van der Waals surface area contributed by atoms with Gasteiger partial charge in [-0.1, -0.05) is 0 Å². The second-order valence-electron chi connectivity index (χ2n) is 2.61. The minimum Gasteiger partial charge on any atom is -0.460 e. The highest BCUT2D eigenvalue weighted by Gasteiger charge is 2.04. The molecule has 0 bridgehead atoms. The lowest BCUT2D eigenvalue weighted by Gasteiger charge is -1.94. The molecule has 66 valence electrons. The summed E-state index contributed by atoms with van der Waals surface area (Å²) in [5.74, 6) is 1.62. The molecule has 0 aromatic carbocycles. The van der Waals surface area contributed by atoms with Gasteiger partial charge in [-0.05, 0) is 19.1 Å². The van der Waals surface area contributed by atoms with Crippen molar-refractivity contribution < 1.29 is 4.42 Å². The largest absolute Gasteiger partial charge is 0.460 e. The van der Waals surface area contributed by atoms with Crippen LogP contribution in [-0.4, -0.2) is 15.2 Å². The molecule has 0 saturated heterocycles. The van der Waals surface area contributed by atoms with Gasteiger partial charge in [0.1, 0.15) is 11.5 Å². The van der Waals surface area contributed by atoms with Crippen LogP contribution < -0.4 is 5.73 Å². The number of nitrogens with zero attached hydrogens (tertiary/aromatic N) is 3. The zero-order valence-corrected chi connectivity index (χ0v) is 7.06. The van der Waals surface area contributed by atoms with Gasteiger partial charge >= 0.3 is 0 Å². The standard InChI is InChI=1S/C8H8N4O/c1-5-2-3-7(13-5)6-4-10-12-8(9)11-6/h2-4H,1H3,(H2,9,11,12). The van der Waals surface area contributed by atoms with Gasteiger partial charge in [-0.15, -0.1) is 5.10 Å². The summed E-state index contributed by atoms with van der Waals surface area (Å²) < 4.78 is 5.34. The van der Waals surface area contributed by atoms with Crippen molar-refractivity contribution in [2.24, 2.45) is 0 Å². The summed E-state index contributed by atoms with van der Waals surface area (Å²) in [5, 5.41) is 7.22. The zero-order chi connectivity index (χ0) is 9.26. The first-order valence-electron chi connectivity index (χ1n) is 3.78. The first-order chi connectivity index (χ1) is 6.25. The predicted octanol–water partition coefficient (Wildman–Crippen LogP) is 1.02. The number of nitrogens with two attached hydrogens (primary N) is 1. The molecule has 0 fully saturated rings. The minimum atomic E-state index is 0.145. The number of rotatable bonds is 1. The third-order valence-electron chi connectivity index (χ3n) is 1.57. The fourth-order valence-electron chi connectivity index (χ4n) is 1.01. The number of aromatic nitrogens is 3. The summed E-state index contributed by atoms with van der Waals surface area (Å²) >= 11 is 0. The molecule has 2 N–H and O–H groups in total. The van der Waals surface area contributed by atoms with Crippen molar-refractivity contribution in [2.45, 2.75) is 6.92 Å². The molecule has 2 aromatic rings. The van der Waals surface area contributed by atoms with Crippen molar-refractivity contribution in [3.63, 3.8) is 0 Å². The number of furan rings is 1. The van der Waals surface area contributed by atoms with Crippen molar-refractivity contribution in [3.8, 4) is 11.5 Å². The van der Waals surface area contributed by atoms with Gasteiger partial charge in [-0.2, -0.15) is 5.10 Å². The second-order valence-corrected chi connectivity index (χ2v) is 2.61. The van der Waals surface area contributed by atoms with Crippen LogP contribution in [0.2, 0.25) is 0 Å². The van der Waals surface area contributed by atoms with Gasteiger partial charge in [0, 0.05) is 0 Å². The van der Waals surface area contributed by atoms with E-state index in [1.807, 2.05) is 19.1 Å². The lowest BCUT2D eigenvalue weighted by molar-refractivity contribution is 0.546. The summed E-state index contributed by atoms with van der Waals surface area (Å²) in [4.78, 5) is 3.97. The van der Waals surface area contributed by atoms with E-state index in [-0.39, 0.29) is 5.95 Å². The summed E-state index contributed by atoms with van der Waals surface area (Å²) in [5.41, 5.74) is 5.97. The third kappa shape index (κ3) is 1.48. The van der Waals surface area contributed by atoms with E-state index < -0.39 is 0 Å². The molecule has 0 aliphatic heterocycles. The Hall–Kier alpha value is -1.91. The van der Waals surface area contributed by atoms with Gasteiger partial charge in [-0.25, -0.2) is 4.98 Å². The Morgan fingerprint density at radius 1 is 1.38 bits per heavy atom. The molecule has 0 aliphatic carbocycles. The van der Waals surface area contributed by atoms with Crippen LogP contribution in [-0.2, 0) is 0 Å². The van der Waals surface area contributed by atoms with E-state index in [4.69, 9.17) is 10.2 Å². The SMILES string of the molecule is Cc1ccc(-c2cnnc(N)n2)o1. The molecule has 13 heavy (non-hydrogen) atoms. The second kappa shape index (κ2) is 2.85. The number of aryl methyl sites for hydroxylation is 1. The minimum absolute atomic E-state index is 0.145. The van der Waals surface area contributed by atoms with Crippen LogP contribution in [0.3, 0.4) is 0 Å². The summed E-state index contributed by atoms with van der Waals surface area (Å²) in [7, 11) is 0. The van der Waals surface area contributed by atoms with Crippen LogP contribution in [0.4, 0.5) is 5.95 Å². The molecule has 0 radical (unpaired) electrons. The van der Waals surface area contributed by atoms with Gasteiger partial charge < -0.3 is 10.2 Å². The molecule has 5 heteroatoms. The van der Waals surface area contributed by atoms with Crippen molar-refractivity contribution >= 4 is 5.95 Å². The van der Waals surface area contributed by atoms with E-state index in [0.717, 1.165) is 5.76 Å². The van der Waals surface area contributed by atoms with Gasteiger partial charge in [0.25, 0.3) is 0 Å². The van der Waals surface area contributed by atoms with Crippen LogP contribution in [0.1, 0.15) is 5.76 Å². The summed E-state index contributed by atoms with van der Waals surface area (Å²) in [6.45, 7) is 1.86. The molecule has 0 saturated carbocycles. The summed E-state index contributed by atoms with van der Waals surface area (Å²) in [6.07, 6.45) is 1.51. The van der Waals surface area contributed by atoms with Crippen molar-refractivity contribution in [3.05, 3.63) is 24.1 Å². The van der Waals surface area contributed by atoms with Crippen LogP contribution in [0, 0.1) is 6.92 Å². The highest BCUT2D eigenvalue weighted by Crippen LogP contribution is 2.18. The summed E-state index contributed by atoms with van der Waals surface area (Å²) in [6, 6.07) is 3.67. The molecule has 2 rings (SSSR count). The number of nitrogen functional groups attached to an aromatic ring is 1. The Morgan fingerprint density at radius 2 is 2.23 bits per heavy atom. The quantitative estimate of drug-likeness (QED) is 0.701. The maximum atomic E-state index is 5.38. The van der Waals surface area contributed by atoms with Crippen LogP contribution in [0.25, 0.3) is 11.5 Å².